The molecule has 3 heterocycles. The minimum Gasteiger partial charge on any atom is -0.328 e. The van der Waals surface area contributed by atoms with Gasteiger partial charge in [-0.05, 0) is 57.0 Å². The van der Waals surface area contributed by atoms with Gasteiger partial charge in [0.15, 0.2) is 0 Å². The quantitative estimate of drug-likeness (QED) is 0.882. The number of aromatic nitrogens is 3. The second-order valence-electron chi connectivity index (χ2n) is 6.22. The maximum absolute atomic E-state index is 13.1. The number of rotatable bonds is 5. The highest BCUT2D eigenvalue weighted by atomic mass is 16.2. The van der Waals surface area contributed by atoms with E-state index in [9.17, 15) is 4.79 Å². The van der Waals surface area contributed by atoms with E-state index in [1.807, 2.05) is 36.1 Å². The van der Waals surface area contributed by atoms with Crippen LogP contribution in [0.1, 0.15) is 48.1 Å². The number of aromatic amines is 1. The summed E-state index contributed by atoms with van der Waals surface area (Å²) < 4.78 is 0. The van der Waals surface area contributed by atoms with E-state index in [2.05, 4.69) is 20.5 Å². The van der Waals surface area contributed by atoms with Crippen molar-refractivity contribution in [3.8, 4) is 0 Å². The molecule has 1 aliphatic heterocycles. The Morgan fingerprint density at radius 3 is 3.00 bits per heavy atom. The number of aryl methyl sites for hydroxylation is 1. The Morgan fingerprint density at radius 2 is 2.25 bits per heavy atom. The maximum atomic E-state index is 13.1. The van der Waals surface area contributed by atoms with Crippen LogP contribution in [0, 0.1) is 0 Å². The third-order valence-electron chi connectivity index (χ3n) is 4.54. The SMILES string of the molecule is CCc1cc(C(=O)N(Cc2ccccn2)[C@H]2CCCNCC2)n[nH]1. The molecule has 0 bridgehead atoms. The zero-order chi connectivity index (χ0) is 16.8. The second kappa shape index (κ2) is 8.06. The summed E-state index contributed by atoms with van der Waals surface area (Å²) in [6.07, 6.45) is 5.67. The van der Waals surface area contributed by atoms with Crippen LogP contribution in [0.15, 0.2) is 30.5 Å². The van der Waals surface area contributed by atoms with Crippen molar-refractivity contribution in [1.29, 1.82) is 0 Å². The third kappa shape index (κ3) is 4.00. The van der Waals surface area contributed by atoms with E-state index in [4.69, 9.17) is 0 Å². The summed E-state index contributed by atoms with van der Waals surface area (Å²) in [6.45, 7) is 4.53. The fourth-order valence-corrected chi connectivity index (χ4v) is 3.14. The van der Waals surface area contributed by atoms with Crippen LogP contribution >= 0.6 is 0 Å². The van der Waals surface area contributed by atoms with E-state index >= 15 is 0 Å². The van der Waals surface area contributed by atoms with E-state index in [0.717, 1.165) is 50.2 Å². The van der Waals surface area contributed by atoms with Crippen molar-refractivity contribution >= 4 is 5.91 Å². The van der Waals surface area contributed by atoms with Crippen molar-refractivity contribution in [3.05, 3.63) is 47.5 Å². The first-order valence-corrected chi connectivity index (χ1v) is 8.74. The van der Waals surface area contributed by atoms with E-state index in [0.29, 0.717) is 12.2 Å². The van der Waals surface area contributed by atoms with Crippen LogP contribution in [0.5, 0.6) is 0 Å². The number of nitrogens with one attached hydrogen (secondary N) is 2. The predicted octanol–water partition coefficient (Wildman–Crippen LogP) is 2.15. The summed E-state index contributed by atoms with van der Waals surface area (Å²) in [4.78, 5) is 19.4. The van der Waals surface area contributed by atoms with Gasteiger partial charge in [0.2, 0.25) is 0 Å². The average Bonchev–Trinajstić information content (AvgIpc) is 2.95. The van der Waals surface area contributed by atoms with Gasteiger partial charge in [-0.3, -0.25) is 14.9 Å². The molecule has 0 saturated carbocycles. The largest absolute Gasteiger partial charge is 0.328 e. The number of hydrogen-bond donors (Lipinski definition) is 2. The number of carbonyl (C=O) groups excluding carboxylic acids is 1. The van der Waals surface area contributed by atoms with Crippen LogP contribution in [-0.2, 0) is 13.0 Å². The predicted molar refractivity (Wildman–Crippen MR) is 92.6 cm³/mol. The molecule has 3 rings (SSSR count). The van der Waals surface area contributed by atoms with Gasteiger partial charge in [0.1, 0.15) is 5.69 Å². The second-order valence-corrected chi connectivity index (χ2v) is 6.22. The molecule has 1 amide bonds. The van der Waals surface area contributed by atoms with Crippen LogP contribution < -0.4 is 5.32 Å². The minimum absolute atomic E-state index is 0.0106. The van der Waals surface area contributed by atoms with Gasteiger partial charge in [-0.15, -0.1) is 0 Å². The van der Waals surface area contributed by atoms with Crippen LogP contribution in [-0.4, -0.2) is 45.1 Å². The monoisotopic (exact) mass is 327 g/mol. The average molecular weight is 327 g/mol. The lowest BCUT2D eigenvalue weighted by Gasteiger charge is -2.30. The Hall–Kier alpha value is -2.21. The lowest BCUT2D eigenvalue weighted by molar-refractivity contribution is 0.0636. The Kier molecular flexibility index (Phi) is 5.59. The van der Waals surface area contributed by atoms with Crippen LogP contribution in [0.2, 0.25) is 0 Å². The molecule has 128 valence electrons. The molecule has 2 aromatic heterocycles. The van der Waals surface area contributed by atoms with Gasteiger partial charge in [-0.25, -0.2) is 0 Å². The summed E-state index contributed by atoms with van der Waals surface area (Å²) in [7, 11) is 0. The first-order chi connectivity index (χ1) is 11.8. The molecular weight excluding hydrogens is 302 g/mol. The molecule has 1 fully saturated rings. The highest BCUT2D eigenvalue weighted by molar-refractivity contribution is 5.92. The molecule has 1 saturated heterocycles. The van der Waals surface area contributed by atoms with Gasteiger partial charge < -0.3 is 10.2 Å². The smallest absolute Gasteiger partial charge is 0.274 e. The van der Waals surface area contributed by atoms with Gasteiger partial charge in [-0.1, -0.05) is 13.0 Å². The van der Waals surface area contributed by atoms with Crippen molar-refractivity contribution in [1.82, 2.24) is 25.4 Å². The van der Waals surface area contributed by atoms with Crippen LogP contribution in [0.25, 0.3) is 0 Å². The number of nitrogens with zero attached hydrogens (tertiary/aromatic N) is 3. The van der Waals surface area contributed by atoms with Crippen LogP contribution in [0.3, 0.4) is 0 Å². The zero-order valence-electron chi connectivity index (χ0n) is 14.2. The fourth-order valence-electron chi connectivity index (χ4n) is 3.14. The van der Waals surface area contributed by atoms with E-state index in [1.165, 1.54) is 0 Å². The molecule has 6 heteroatoms. The Labute approximate surface area is 142 Å². The standard InChI is InChI=1S/C18H25N5O/c1-2-14-12-17(22-21-14)18(24)23(13-15-6-3-4-10-20-15)16-7-5-9-19-11-8-16/h3-4,6,10,12,16,19H,2,5,7-9,11,13H2,1H3,(H,21,22)/t16-/m0/s1. The van der Waals surface area contributed by atoms with Gasteiger partial charge >= 0.3 is 0 Å². The zero-order valence-corrected chi connectivity index (χ0v) is 14.2. The van der Waals surface area contributed by atoms with Crippen molar-refractivity contribution in [3.63, 3.8) is 0 Å². The molecule has 0 aromatic carbocycles. The van der Waals surface area contributed by atoms with E-state index < -0.39 is 0 Å². The molecule has 24 heavy (non-hydrogen) atoms. The van der Waals surface area contributed by atoms with Crippen molar-refractivity contribution < 1.29 is 4.79 Å². The molecule has 2 N–H and O–H groups in total. The van der Waals surface area contributed by atoms with E-state index in [-0.39, 0.29) is 11.9 Å². The molecule has 2 aromatic rings. The molecule has 0 radical (unpaired) electrons. The van der Waals surface area contributed by atoms with Crippen molar-refractivity contribution in [2.75, 3.05) is 13.1 Å². The number of pyridine rings is 1. The summed E-state index contributed by atoms with van der Waals surface area (Å²) >= 11 is 0. The molecule has 1 aliphatic rings. The molecular formula is C18H25N5O. The highest BCUT2D eigenvalue weighted by Crippen LogP contribution is 2.19. The topological polar surface area (TPSA) is 73.9 Å². The van der Waals surface area contributed by atoms with Gasteiger partial charge in [0.05, 0.1) is 12.2 Å². The molecule has 6 nitrogen and oxygen atoms in total. The minimum atomic E-state index is -0.0106. The number of carbonyl (C=O) groups is 1. The normalized spacial score (nSPS) is 18.1. The Bertz CT molecular complexity index is 646. The van der Waals surface area contributed by atoms with Gasteiger partial charge in [0.25, 0.3) is 5.91 Å². The lowest BCUT2D eigenvalue weighted by atomic mass is 10.1. The Morgan fingerprint density at radius 1 is 1.33 bits per heavy atom. The number of hydrogen-bond acceptors (Lipinski definition) is 4. The Balaban J connectivity index is 1.83. The number of H-pyrrole nitrogens is 1. The summed E-state index contributed by atoms with van der Waals surface area (Å²) in [6, 6.07) is 7.91. The van der Waals surface area contributed by atoms with E-state index in [1.54, 1.807) is 6.20 Å². The summed E-state index contributed by atoms with van der Waals surface area (Å²) in [5, 5.41) is 10.6. The number of amides is 1. The lowest BCUT2D eigenvalue weighted by Crippen LogP contribution is -2.40. The summed E-state index contributed by atoms with van der Waals surface area (Å²) in [5.74, 6) is -0.0106. The van der Waals surface area contributed by atoms with Gasteiger partial charge in [-0.2, -0.15) is 5.10 Å². The first kappa shape index (κ1) is 16.6. The van der Waals surface area contributed by atoms with Crippen molar-refractivity contribution in [2.24, 2.45) is 0 Å². The molecule has 0 unspecified atom stereocenters. The van der Waals surface area contributed by atoms with Crippen LogP contribution in [0.4, 0.5) is 0 Å². The van der Waals surface area contributed by atoms with Crippen molar-refractivity contribution in [2.45, 2.75) is 45.2 Å². The highest BCUT2D eigenvalue weighted by Gasteiger charge is 2.27. The van der Waals surface area contributed by atoms with Gasteiger partial charge in [0, 0.05) is 17.9 Å². The molecule has 0 spiro atoms. The third-order valence-corrected chi connectivity index (χ3v) is 4.54. The fraction of sp³-hybridized carbons (Fsp3) is 0.500. The summed E-state index contributed by atoms with van der Waals surface area (Å²) in [5.41, 5.74) is 2.40. The molecule has 0 aliphatic carbocycles. The maximum Gasteiger partial charge on any atom is 0.274 e. The first-order valence-electron chi connectivity index (χ1n) is 8.74. The molecule has 1 atom stereocenters.